The molecule has 100 valence electrons. The van der Waals surface area contributed by atoms with Crippen LogP contribution in [0.5, 0.6) is 0 Å². The summed E-state index contributed by atoms with van der Waals surface area (Å²) in [6, 6.07) is 3.94. The maximum atomic E-state index is 9.22. The minimum Gasteiger partial charge on any atom is -0.394 e. The van der Waals surface area contributed by atoms with E-state index < -0.39 is 0 Å². The molecule has 0 amide bonds. The maximum absolute atomic E-state index is 9.22. The SMILES string of the molecule is CC1CN(c2cc([C@@H](C)N)ccn2)CC(CO)O1. The molecule has 0 bridgehead atoms. The molecule has 1 fully saturated rings. The van der Waals surface area contributed by atoms with Crippen LogP contribution in [0.3, 0.4) is 0 Å². The number of hydrogen-bond donors (Lipinski definition) is 2. The number of nitrogens with two attached hydrogens (primary N) is 1. The summed E-state index contributed by atoms with van der Waals surface area (Å²) in [6.07, 6.45) is 1.73. The molecule has 0 spiro atoms. The molecule has 2 unspecified atom stereocenters. The van der Waals surface area contributed by atoms with Crippen LogP contribution in [0.2, 0.25) is 0 Å². The van der Waals surface area contributed by atoms with Crippen molar-refractivity contribution in [3.63, 3.8) is 0 Å². The molecule has 2 rings (SSSR count). The van der Waals surface area contributed by atoms with E-state index in [1.54, 1.807) is 6.20 Å². The van der Waals surface area contributed by atoms with Gasteiger partial charge in [0.05, 0.1) is 18.8 Å². The highest BCUT2D eigenvalue weighted by molar-refractivity contribution is 5.42. The Kier molecular flexibility index (Phi) is 4.16. The molecule has 1 aliphatic rings. The first-order chi connectivity index (χ1) is 8.60. The van der Waals surface area contributed by atoms with Gasteiger partial charge in [-0.25, -0.2) is 4.98 Å². The van der Waals surface area contributed by atoms with Crippen LogP contribution in [0, 0.1) is 0 Å². The third kappa shape index (κ3) is 2.98. The topological polar surface area (TPSA) is 71.6 Å². The molecule has 0 aliphatic carbocycles. The zero-order valence-corrected chi connectivity index (χ0v) is 10.9. The Morgan fingerprint density at radius 3 is 3.06 bits per heavy atom. The van der Waals surface area contributed by atoms with E-state index in [9.17, 15) is 5.11 Å². The summed E-state index contributed by atoms with van der Waals surface area (Å²) in [5, 5.41) is 9.22. The fourth-order valence-corrected chi connectivity index (χ4v) is 2.22. The van der Waals surface area contributed by atoms with E-state index in [2.05, 4.69) is 9.88 Å². The third-order valence-electron chi connectivity index (χ3n) is 3.15. The van der Waals surface area contributed by atoms with Crippen LogP contribution in [0.25, 0.3) is 0 Å². The Balaban J connectivity index is 2.17. The first kappa shape index (κ1) is 13.3. The Morgan fingerprint density at radius 1 is 1.61 bits per heavy atom. The van der Waals surface area contributed by atoms with Gasteiger partial charge in [0.1, 0.15) is 5.82 Å². The molecule has 3 N–H and O–H groups in total. The van der Waals surface area contributed by atoms with Gasteiger partial charge < -0.3 is 20.5 Å². The number of aliphatic hydroxyl groups excluding tert-OH is 1. The second-order valence-corrected chi connectivity index (χ2v) is 4.89. The number of morpholine rings is 1. The number of rotatable bonds is 3. The van der Waals surface area contributed by atoms with E-state index in [0.717, 1.165) is 17.9 Å². The van der Waals surface area contributed by atoms with Crippen molar-refractivity contribution >= 4 is 5.82 Å². The molecule has 2 heterocycles. The average Bonchev–Trinajstić information content (AvgIpc) is 2.38. The quantitative estimate of drug-likeness (QED) is 0.827. The number of anilines is 1. The van der Waals surface area contributed by atoms with Crippen molar-refractivity contribution in [2.24, 2.45) is 5.73 Å². The van der Waals surface area contributed by atoms with Crippen molar-refractivity contribution < 1.29 is 9.84 Å². The highest BCUT2D eigenvalue weighted by Crippen LogP contribution is 2.21. The highest BCUT2D eigenvalue weighted by Gasteiger charge is 2.25. The molecule has 1 aromatic heterocycles. The van der Waals surface area contributed by atoms with Gasteiger partial charge >= 0.3 is 0 Å². The van der Waals surface area contributed by atoms with Gasteiger partial charge in [-0.05, 0) is 31.5 Å². The van der Waals surface area contributed by atoms with Gasteiger partial charge in [0.25, 0.3) is 0 Å². The fraction of sp³-hybridized carbons (Fsp3) is 0.615. The van der Waals surface area contributed by atoms with Crippen LogP contribution < -0.4 is 10.6 Å². The Labute approximate surface area is 108 Å². The first-order valence-corrected chi connectivity index (χ1v) is 6.33. The van der Waals surface area contributed by atoms with Crippen LogP contribution in [0.15, 0.2) is 18.3 Å². The van der Waals surface area contributed by atoms with Gasteiger partial charge in [0.15, 0.2) is 0 Å². The summed E-state index contributed by atoms with van der Waals surface area (Å²) in [6.45, 7) is 5.44. The van der Waals surface area contributed by atoms with E-state index >= 15 is 0 Å². The molecule has 0 radical (unpaired) electrons. The highest BCUT2D eigenvalue weighted by atomic mass is 16.5. The molecule has 5 heteroatoms. The number of aliphatic hydroxyl groups is 1. The summed E-state index contributed by atoms with van der Waals surface area (Å²) in [5.41, 5.74) is 6.95. The normalized spacial score (nSPS) is 26.1. The zero-order valence-electron chi connectivity index (χ0n) is 10.9. The van der Waals surface area contributed by atoms with Crippen LogP contribution in [-0.2, 0) is 4.74 Å². The van der Waals surface area contributed by atoms with Crippen LogP contribution in [-0.4, -0.2) is 42.0 Å². The second-order valence-electron chi connectivity index (χ2n) is 4.89. The second kappa shape index (κ2) is 5.65. The summed E-state index contributed by atoms with van der Waals surface area (Å²) in [4.78, 5) is 6.52. The zero-order chi connectivity index (χ0) is 13.1. The summed E-state index contributed by atoms with van der Waals surface area (Å²) < 4.78 is 5.62. The van der Waals surface area contributed by atoms with Crippen LogP contribution in [0.1, 0.15) is 25.5 Å². The lowest BCUT2D eigenvalue weighted by molar-refractivity contribution is -0.0423. The largest absolute Gasteiger partial charge is 0.394 e. The van der Waals surface area contributed by atoms with E-state index in [4.69, 9.17) is 10.5 Å². The predicted molar refractivity (Wildman–Crippen MR) is 70.5 cm³/mol. The Bertz CT molecular complexity index is 398. The van der Waals surface area contributed by atoms with Crippen molar-refractivity contribution in [2.45, 2.75) is 32.1 Å². The van der Waals surface area contributed by atoms with E-state index in [-0.39, 0.29) is 24.9 Å². The number of nitrogens with zero attached hydrogens (tertiary/aromatic N) is 2. The Hall–Kier alpha value is -1.17. The lowest BCUT2D eigenvalue weighted by Crippen LogP contribution is -2.48. The van der Waals surface area contributed by atoms with E-state index in [1.807, 2.05) is 26.0 Å². The number of aromatic nitrogens is 1. The standard InChI is InChI=1S/C13H21N3O2/c1-9-6-16(7-12(8-17)18-9)13-5-11(10(2)14)3-4-15-13/h3-5,9-10,12,17H,6-8,14H2,1-2H3/t9?,10-,12?/m1/s1. The van der Waals surface area contributed by atoms with E-state index in [1.165, 1.54) is 0 Å². The molecule has 0 saturated carbocycles. The van der Waals surface area contributed by atoms with Crippen molar-refractivity contribution in [3.8, 4) is 0 Å². The summed E-state index contributed by atoms with van der Waals surface area (Å²) in [5.74, 6) is 0.901. The first-order valence-electron chi connectivity index (χ1n) is 6.33. The number of pyridine rings is 1. The predicted octanol–water partition coefficient (Wildman–Crippen LogP) is 0.687. The smallest absolute Gasteiger partial charge is 0.128 e. The molecule has 1 saturated heterocycles. The summed E-state index contributed by atoms with van der Waals surface area (Å²) in [7, 11) is 0. The monoisotopic (exact) mass is 251 g/mol. The van der Waals surface area contributed by atoms with E-state index in [0.29, 0.717) is 6.54 Å². The van der Waals surface area contributed by atoms with Crippen molar-refractivity contribution in [1.29, 1.82) is 0 Å². The molecule has 1 aromatic rings. The number of hydrogen-bond acceptors (Lipinski definition) is 5. The van der Waals surface area contributed by atoms with Crippen LogP contribution >= 0.6 is 0 Å². The van der Waals surface area contributed by atoms with Gasteiger partial charge in [-0.1, -0.05) is 0 Å². The van der Waals surface area contributed by atoms with Gasteiger partial charge in [-0.3, -0.25) is 0 Å². The van der Waals surface area contributed by atoms with Crippen molar-refractivity contribution in [3.05, 3.63) is 23.9 Å². The van der Waals surface area contributed by atoms with Gasteiger partial charge in [0.2, 0.25) is 0 Å². The van der Waals surface area contributed by atoms with Crippen molar-refractivity contribution in [2.75, 3.05) is 24.6 Å². The lowest BCUT2D eigenvalue weighted by Gasteiger charge is -2.37. The molecule has 0 aromatic carbocycles. The molecule has 3 atom stereocenters. The fourth-order valence-electron chi connectivity index (χ4n) is 2.22. The van der Waals surface area contributed by atoms with Gasteiger partial charge in [-0.15, -0.1) is 0 Å². The minimum absolute atomic E-state index is 0.00106. The average molecular weight is 251 g/mol. The Morgan fingerprint density at radius 2 is 2.39 bits per heavy atom. The molecule has 1 aliphatic heterocycles. The number of ether oxygens (including phenoxy) is 1. The lowest BCUT2D eigenvalue weighted by atomic mass is 10.1. The summed E-state index contributed by atoms with van der Waals surface area (Å²) >= 11 is 0. The van der Waals surface area contributed by atoms with Gasteiger partial charge in [-0.2, -0.15) is 0 Å². The van der Waals surface area contributed by atoms with Gasteiger partial charge in [0, 0.05) is 25.3 Å². The van der Waals surface area contributed by atoms with Crippen LogP contribution in [0.4, 0.5) is 5.82 Å². The minimum atomic E-state index is -0.144. The van der Waals surface area contributed by atoms with Crippen molar-refractivity contribution in [1.82, 2.24) is 4.98 Å². The molecule has 5 nitrogen and oxygen atoms in total. The maximum Gasteiger partial charge on any atom is 0.128 e. The molecular weight excluding hydrogens is 230 g/mol. The molecular formula is C13H21N3O2. The molecule has 18 heavy (non-hydrogen) atoms. The third-order valence-corrected chi connectivity index (χ3v) is 3.15.